The van der Waals surface area contributed by atoms with Gasteiger partial charge in [0.05, 0.1) is 0 Å². The summed E-state index contributed by atoms with van der Waals surface area (Å²) in [5.41, 5.74) is 0.581. The van der Waals surface area contributed by atoms with E-state index in [4.69, 9.17) is 14.3 Å². The fourth-order valence-corrected chi connectivity index (χ4v) is 2.24. The average molecular weight is 410 g/mol. The number of halogens is 1. The van der Waals surface area contributed by atoms with Crippen molar-refractivity contribution in [3.8, 4) is 0 Å². The molecule has 2 aromatic rings. The van der Waals surface area contributed by atoms with E-state index in [1.807, 2.05) is 24.3 Å². The van der Waals surface area contributed by atoms with Gasteiger partial charge in [-0.15, -0.1) is 0 Å². The first-order valence-corrected chi connectivity index (χ1v) is 6.53. The number of hydrogen-bond acceptors (Lipinski definition) is 2. The van der Waals surface area contributed by atoms with E-state index in [2.05, 4.69) is 0 Å². The van der Waals surface area contributed by atoms with Crippen molar-refractivity contribution in [1.29, 1.82) is 0 Å². The third kappa shape index (κ3) is 2.01. The molecule has 0 N–H and O–H groups in total. The fraction of sp³-hybridized carbons (Fsp3) is 0. The molecule has 15 heavy (non-hydrogen) atoms. The van der Waals surface area contributed by atoms with Crippen LogP contribution in [0.3, 0.4) is 0 Å². The number of carbonyl (C=O) groups is 1. The molecular weight excluding hydrogens is 404 g/mol. The zero-order valence-electron chi connectivity index (χ0n) is 7.74. The van der Waals surface area contributed by atoms with Gasteiger partial charge in [0.15, 0.2) is 0 Å². The van der Waals surface area contributed by atoms with E-state index in [1.54, 1.807) is 12.1 Å². The van der Waals surface area contributed by atoms with Crippen LogP contribution in [-0.4, -0.2) is 32.2 Å². The van der Waals surface area contributed by atoms with Gasteiger partial charge >= 0.3 is 109 Å². The molecule has 0 atom stereocenters. The third-order valence-electron chi connectivity index (χ3n) is 2.20. The van der Waals surface area contributed by atoms with Crippen LogP contribution < -0.4 is 0 Å². The molecule has 0 heterocycles. The van der Waals surface area contributed by atoms with Crippen molar-refractivity contribution in [3.63, 3.8) is 0 Å². The minimum atomic E-state index is -0.270. The van der Waals surface area contributed by atoms with Crippen LogP contribution in [0.2, 0.25) is 5.02 Å². The number of hydrogen-bond donors (Lipinski definition) is 0. The molecule has 4 heteroatoms. The summed E-state index contributed by atoms with van der Waals surface area (Å²) in [6.07, 6.45) is 0. The topological polar surface area (TPSA) is 26.3 Å². The Kier molecular flexibility index (Phi) is 3.26. The van der Waals surface area contributed by atoms with Gasteiger partial charge in [-0.3, -0.25) is 0 Å². The van der Waals surface area contributed by atoms with Crippen LogP contribution in [0.4, 0.5) is 0 Å². The quantitative estimate of drug-likeness (QED) is 0.677. The van der Waals surface area contributed by atoms with Crippen molar-refractivity contribution in [2.45, 2.75) is 0 Å². The number of fused-ring (bicyclic) bond motifs is 1. The first kappa shape index (κ1) is 10.9. The van der Waals surface area contributed by atoms with Gasteiger partial charge in [-0.1, -0.05) is 0 Å². The Morgan fingerprint density at radius 3 is 2.53 bits per heavy atom. The molecule has 0 aromatic heterocycles. The molecule has 0 radical (unpaired) electrons. The molecule has 0 unspecified atom stereocenters. The fourth-order valence-electron chi connectivity index (χ4n) is 1.51. The molecule has 2 nitrogen and oxygen atoms in total. The summed E-state index contributed by atoms with van der Waals surface area (Å²) < 4.78 is 4.87. The first-order valence-electron chi connectivity index (χ1n) is 4.32. The molecule has 0 aliphatic heterocycles. The number of carbonyl (C=O) groups excluding carboxylic acids is 1. The molecule has 0 amide bonds. The first-order chi connectivity index (χ1) is 7.24. The average Bonchev–Trinajstić information content (AvgIpc) is 2.28. The zero-order valence-corrected chi connectivity index (χ0v) is 13.0. The normalized spacial score (nSPS) is 10.1. The predicted molar refractivity (Wildman–Crippen MR) is 60.1 cm³/mol. The van der Waals surface area contributed by atoms with Crippen LogP contribution in [0.5, 0.6) is 0 Å². The molecule has 0 aliphatic carbocycles. The molecule has 2 rings (SSSR count). The van der Waals surface area contributed by atoms with Crippen molar-refractivity contribution in [1.82, 2.24) is 0 Å². The number of rotatable bonds is 1. The Balaban J connectivity index is 2.77. The second kappa shape index (κ2) is 4.49. The summed E-state index contributed by atoms with van der Waals surface area (Å²) in [6.45, 7) is 0. The van der Waals surface area contributed by atoms with Gasteiger partial charge in [-0.25, -0.2) is 0 Å². The molecule has 0 aliphatic rings. The SMILES string of the molecule is O=C([O][Tl])c1cccc2c(Cl)cccc12. The molecule has 0 bridgehead atoms. The van der Waals surface area contributed by atoms with Crippen molar-refractivity contribution < 1.29 is 7.48 Å². The van der Waals surface area contributed by atoms with Gasteiger partial charge < -0.3 is 0 Å². The summed E-state index contributed by atoms with van der Waals surface area (Å²) in [7, 11) is 0. The van der Waals surface area contributed by atoms with Gasteiger partial charge in [0.25, 0.3) is 0 Å². The van der Waals surface area contributed by atoms with Gasteiger partial charge in [0.2, 0.25) is 0 Å². The zero-order chi connectivity index (χ0) is 10.8. The van der Waals surface area contributed by atoms with Gasteiger partial charge in [-0.2, -0.15) is 0 Å². The van der Waals surface area contributed by atoms with E-state index in [-0.39, 0.29) is 32.2 Å². The van der Waals surface area contributed by atoms with Crippen LogP contribution in [0.25, 0.3) is 10.8 Å². The molecule has 0 fully saturated rings. The molecule has 72 valence electrons. The van der Waals surface area contributed by atoms with E-state index in [9.17, 15) is 4.79 Å². The molecule has 2 aromatic carbocycles. The summed E-state index contributed by atoms with van der Waals surface area (Å²) >= 11 is 6.24. The Morgan fingerprint density at radius 1 is 1.13 bits per heavy atom. The summed E-state index contributed by atoms with van der Waals surface area (Å²) in [4.78, 5) is 11.5. The molecule has 0 spiro atoms. The number of benzene rings is 2. The Morgan fingerprint density at radius 2 is 1.80 bits per heavy atom. The van der Waals surface area contributed by atoms with Crippen molar-refractivity contribution in [2.75, 3.05) is 0 Å². The van der Waals surface area contributed by atoms with E-state index in [1.165, 1.54) is 0 Å². The second-order valence-electron chi connectivity index (χ2n) is 3.05. The summed E-state index contributed by atoms with van der Waals surface area (Å²) in [5.74, 6) is -0.270. The van der Waals surface area contributed by atoms with E-state index in [0.29, 0.717) is 10.6 Å². The van der Waals surface area contributed by atoms with Crippen molar-refractivity contribution in [2.24, 2.45) is 0 Å². The Hall–Kier alpha value is -0.618. The van der Waals surface area contributed by atoms with Crippen LogP contribution in [0.15, 0.2) is 36.4 Å². The summed E-state index contributed by atoms with van der Waals surface area (Å²) in [5, 5.41) is 2.38. The second-order valence-corrected chi connectivity index (χ2v) is 4.37. The van der Waals surface area contributed by atoms with Gasteiger partial charge in [0, 0.05) is 0 Å². The molecule has 0 saturated heterocycles. The Labute approximate surface area is 109 Å². The standard InChI is InChI=1S/C11H7ClO2.Tl/c12-10-6-2-3-7-8(10)4-1-5-9(7)11(13)14;/h1-6H,(H,13,14);/q;+1/p-1. The predicted octanol–water partition coefficient (Wildman–Crippen LogP) is 2.73. The van der Waals surface area contributed by atoms with Crippen LogP contribution in [0.1, 0.15) is 10.4 Å². The summed E-state index contributed by atoms with van der Waals surface area (Å²) in [6, 6.07) is 11.0. The molecule has 0 saturated carbocycles. The maximum absolute atomic E-state index is 11.5. The van der Waals surface area contributed by atoms with Gasteiger partial charge in [0.1, 0.15) is 0 Å². The van der Waals surface area contributed by atoms with Crippen LogP contribution in [-0.2, 0) is 2.69 Å². The van der Waals surface area contributed by atoms with Gasteiger partial charge in [-0.05, 0) is 0 Å². The monoisotopic (exact) mass is 410 g/mol. The van der Waals surface area contributed by atoms with Crippen LogP contribution in [0, 0.1) is 0 Å². The van der Waals surface area contributed by atoms with E-state index < -0.39 is 0 Å². The van der Waals surface area contributed by atoms with E-state index >= 15 is 0 Å². The van der Waals surface area contributed by atoms with Crippen LogP contribution >= 0.6 is 11.6 Å². The Bertz CT molecular complexity index is 525. The minimum absolute atomic E-state index is 0.206. The third-order valence-corrected chi connectivity index (χ3v) is 3.36. The maximum atomic E-state index is 11.5. The van der Waals surface area contributed by atoms with E-state index in [0.717, 1.165) is 10.8 Å². The molecular formula is C11H6ClO2Tl. The van der Waals surface area contributed by atoms with Crippen molar-refractivity contribution >= 4 is 54.6 Å². The van der Waals surface area contributed by atoms with Crippen molar-refractivity contribution in [3.05, 3.63) is 47.0 Å².